The van der Waals surface area contributed by atoms with Gasteiger partial charge in [0.2, 0.25) is 5.91 Å². The van der Waals surface area contributed by atoms with Crippen molar-refractivity contribution in [2.45, 2.75) is 71.4 Å². The van der Waals surface area contributed by atoms with Crippen molar-refractivity contribution in [3.8, 4) is 5.69 Å². The minimum atomic E-state index is -0.0836. The molecule has 2 unspecified atom stereocenters. The van der Waals surface area contributed by atoms with Crippen molar-refractivity contribution in [1.29, 1.82) is 0 Å². The zero-order valence-corrected chi connectivity index (χ0v) is 23.2. The molecule has 1 fully saturated rings. The number of unbranched alkanes of at least 4 members (excludes halogenated alkanes) is 4. The van der Waals surface area contributed by atoms with Crippen molar-refractivity contribution in [3.05, 3.63) is 69.2 Å². The van der Waals surface area contributed by atoms with Gasteiger partial charge in [0.05, 0.1) is 22.6 Å². The van der Waals surface area contributed by atoms with Crippen molar-refractivity contribution in [2.24, 2.45) is 0 Å². The fraction of sp³-hybridized carbons (Fsp3) is 0.483. The molecular formula is C29H37BrN4O2. The molecule has 4 rings (SSSR count). The van der Waals surface area contributed by atoms with Gasteiger partial charge in [-0.2, -0.15) is 0 Å². The van der Waals surface area contributed by atoms with Crippen LogP contribution in [-0.4, -0.2) is 50.9 Å². The number of carbonyl (C=O) groups excluding carboxylic acids is 1. The second kappa shape index (κ2) is 12.2. The molecule has 1 aromatic heterocycles. The number of benzene rings is 2. The average Bonchev–Trinajstić information content (AvgIpc) is 2.88. The van der Waals surface area contributed by atoms with Crippen LogP contribution in [0.3, 0.4) is 0 Å². The van der Waals surface area contributed by atoms with Crippen LogP contribution in [0, 0.1) is 0 Å². The highest BCUT2D eigenvalue weighted by molar-refractivity contribution is 9.10. The molecular weight excluding hydrogens is 516 g/mol. The minimum absolute atomic E-state index is 0.0605. The molecule has 1 aliphatic rings. The predicted octanol–water partition coefficient (Wildman–Crippen LogP) is 6.10. The number of nitrogens with zero attached hydrogens (tertiary/aromatic N) is 4. The SMILES string of the molecule is CCCCCCCC(=O)N1CCN(C(C)c2nc3ccccc3c(=O)n2-c2ccc(Br)cc2)CC1C. The number of halogens is 1. The van der Waals surface area contributed by atoms with E-state index >= 15 is 0 Å². The number of aromatic nitrogens is 2. The van der Waals surface area contributed by atoms with Gasteiger partial charge < -0.3 is 4.90 Å². The Morgan fingerprint density at radius 2 is 1.78 bits per heavy atom. The Morgan fingerprint density at radius 1 is 1.06 bits per heavy atom. The second-order valence-electron chi connectivity index (χ2n) is 9.88. The quantitative estimate of drug-likeness (QED) is 0.301. The summed E-state index contributed by atoms with van der Waals surface area (Å²) < 4.78 is 2.71. The number of amides is 1. The molecule has 6 nitrogen and oxygen atoms in total. The molecule has 2 atom stereocenters. The molecule has 7 heteroatoms. The van der Waals surface area contributed by atoms with E-state index in [0.717, 1.165) is 41.9 Å². The maximum absolute atomic E-state index is 13.6. The highest BCUT2D eigenvalue weighted by Gasteiger charge is 2.31. The van der Waals surface area contributed by atoms with Crippen LogP contribution in [0.5, 0.6) is 0 Å². The van der Waals surface area contributed by atoms with Gasteiger partial charge in [-0.15, -0.1) is 0 Å². The van der Waals surface area contributed by atoms with E-state index in [2.05, 4.69) is 41.6 Å². The van der Waals surface area contributed by atoms with Crippen LogP contribution in [0.4, 0.5) is 0 Å². The summed E-state index contributed by atoms with van der Waals surface area (Å²) in [6, 6.07) is 15.3. The van der Waals surface area contributed by atoms with Gasteiger partial charge in [0.1, 0.15) is 5.82 Å². The summed E-state index contributed by atoms with van der Waals surface area (Å²) in [7, 11) is 0. The number of rotatable bonds is 9. The summed E-state index contributed by atoms with van der Waals surface area (Å²) in [6.45, 7) is 8.67. The van der Waals surface area contributed by atoms with Gasteiger partial charge in [0.15, 0.2) is 0 Å². The summed E-state index contributed by atoms with van der Waals surface area (Å²) >= 11 is 3.49. The first-order valence-electron chi connectivity index (χ1n) is 13.2. The topological polar surface area (TPSA) is 58.4 Å². The highest BCUT2D eigenvalue weighted by atomic mass is 79.9. The number of carbonyl (C=O) groups is 1. The van der Waals surface area contributed by atoms with Crippen LogP contribution in [0.15, 0.2) is 57.8 Å². The Kier molecular flexibility index (Phi) is 8.96. The van der Waals surface area contributed by atoms with Crippen LogP contribution in [0.1, 0.15) is 71.2 Å². The van der Waals surface area contributed by atoms with Gasteiger partial charge in [-0.05, 0) is 56.7 Å². The van der Waals surface area contributed by atoms with E-state index in [9.17, 15) is 9.59 Å². The van der Waals surface area contributed by atoms with Crippen molar-refractivity contribution >= 4 is 32.7 Å². The fourth-order valence-electron chi connectivity index (χ4n) is 5.16. The zero-order valence-electron chi connectivity index (χ0n) is 21.6. The second-order valence-corrected chi connectivity index (χ2v) is 10.8. The summed E-state index contributed by atoms with van der Waals surface area (Å²) in [5.41, 5.74) is 1.45. The molecule has 2 heterocycles. The lowest BCUT2D eigenvalue weighted by molar-refractivity contribution is -0.136. The molecule has 0 N–H and O–H groups in total. The Morgan fingerprint density at radius 3 is 2.50 bits per heavy atom. The average molecular weight is 554 g/mol. The van der Waals surface area contributed by atoms with Crippen molar-refractivity contribution in [3.63, 3.8) is 0 Å². The predicted molar refractivity (Wildman–Crippen MR) is 150 cm³/mol. The Hall–Kier alpha value is -2.51. The number of piperazine rings is 1. The van der Waals surface area contributed by atoms with Gasteiger partial charge >= 0.3 is 0 Å². The van der Waals surface area contributed by atoms with Crippen LogP contribution in [-0.2, 0) is 4.79 Å². The molecule has 0 saturated carbocycles. The van der Waals surface area contributed by atoms with Crippen LogP contribution in [0.2, 0.25) is 0 Å². The lowest BCUT2D eigenvalue weighted by Gasteiger charge is -2.42. The minimum Gasteiger partial charge on any atom is -0.337 e. The van der Waals surface area contributed by atoms with E-state index in [1.807, 2.05) is 53.4 Å². The third-order valence-corrected chi connectivity index (χ3v) is 7.81. The lowest BCUT2D eigenvalue weighted by Crippen LogP contribution is -2.54. The highest BCUT2D eigenvalue weighted by Crippen LogP contribution is 2.26. The molecule has 1 saturated heterocycles. The first-order valence-corrected chi connectivity index (χ1v) is 14.0. The van der Waals surface area contributed by atoms with Crippen molar-refractivity contribution < 1.29 is 4.79 Å². The van der Waals surface area contributed by atoms with E-state index in [4.69, 9.17) is 4.98 Å². The van der Waals surface area contributed by atoms with Crippen LogP contribution >= 0.6 is 15.9 Å². The number of fused-ring (bicyclic) bond motifs is 1. The lowest BCUT2D eigenvalue weighted by atomic mass is 10.1. The summed E-state index contributed by atoms with van der Waals surface area (Å²) in [5.74, 6) is 0.992. The zero-order chi connectivity index (χ0) is 25.7. The maximum atomic E-state index is 13.6. The van der Waals surface area contributed by atoms with Crippen LogP contribution < -0.4 is 5.56 Å². The summed E-state index contributed by atoms with van der Waals surface area (Å²) in [4.78, 5) is 35.9. The van der Waals surface area contributed by atoms with Gasteiger partial charge in [-0.1, -0.05) is 60.7 Å². The largest absolute Gasteiger partial charge is 0.337 e. The van der Waals surface area contributed by atoms with E-state index in [-0.39, 0.29) is 23.6 Å². The number of hydrogen-bond donors (Lipinski definition) is 0. The van der Waals surface area contributed by atoms with Crippen molar-refractivity contribution in [1.82, 2.24) is 19.4 Å². The summed E-state index contributed by atoms with van der Waals surface area (Å²) in [5, 5.41) is 0.610. The fourth-order valence-corrected chi connectivity index (χ4v) is 5.43. The third-order valence-electron chi connectivity index (χ3n) is 7.28. The smallest absolute Gasteiger partial charge is 0.266 e. The van der Waals surface area contributed by atoms with Gasteiger partial charge in [-0.3, -0.25) is 19.1 Å². The van der Waals surface area contributed by atoms with Crippen molar-refractivity contribution in [2.75, 3.05) is 19.6 Å². The number of para-hydroxylation sites is 1. The van der Waals surface area contributed by atoms with E-state index in [1.54, 1.807) is 4.57 Å². The molecule has 0 spiro atoms. The van der Waals surface area contributed by atoms with Gasteiger partial charge in [0.25, 0.3) is 5.56 Å². The molecule has 192 valence electrons. The van der Waals surface area contributed by atoms with Gasteiger partial charge in [-0.25, -0.2) is 4.98 Å². The Balaban J connectivity index is 1.55. The molecule has 36 heavy (non-hydrogen) atoms. The molecule has 0 radical (unpaired) electrons. The molecule has 3 aromatic rings. The van der Waals surface area contributed by atoms with E-state index in [0.29, 0.717) is 23.9 Å². The molecule has 1 aliphatic heterocycles. The first-order chi connectivity index (χ1) is 17.4. The number of hydrogen-bond acceptors (Lipinski definition) is 4. The molecule has 1 amide bonds. The molecule has 0 bridgehead atoms. The monoisotopic (exact) mass is 552 g/mol. The normalized spacial score (nSPS) is 17.4. The maximum Gasteiger partial charge on any atom is 0.266 e. The first kappa shape index (κ1) is 26.6. The third kappa shape index (κ3) is 5.89. The van der Waals surface area contributed by atoms with E-state index in [1.165, 1.54) is 19.3 Å². The van der Waals surface area contributed by atoms with Crippen LogP contribution in [0.25, 0.3) is 16.6 Å². The van der Waals surface area contributed by atoms with Gasteiger partial charge in [0, 0.05) is 36.6 Å². The summed E-state index contributed by atoms with van der Waals surface area (Å²) in [6.07, 6.45) is 6.42. The van der Waals surface area contributed by atoms with E-state index < -0.39 is 0 Å². The Labute approximate surface area is 222 Å². The molecule has 2 aromatic carbocycles. The Bertz CT molecular complexity index is 1240. The standard InChI is InChI=1S/C29H37BrN4O2/c1-4-5-6-7-8-13-27(35)33-19-18-32(20-21(33)2)22(3)28-31-26-12-10-9-11-25(26)29(36)34(28)24-16-14-23(30)15-17-24/h9-12,14-17,21-22H,4-8,13,18-20H2,1-3H3. The molecule has 0 aliphatic carbocycles.